The van der Waals surface area contributed by atoms with Crippen LogP contribution in [0.1, 0.15) is 38.3 Å². The summed E-state index contributed by atoms with van der Waals surface area (Å²) >= 11 is 0. The molecule has 3 heterocycles. The molecule has 1 fully saturated rings. The number of rotatable bonds is 6. The van der Waals surface area contributed by atoms with Gasteiger partial charge < -0.3 is 15.2 Å². The molecule has 2 amide bonds. The van der Waals surface area contributed by atoms with Crippen LogP contribution in [0.25, 0.3) is 0 Å². The van der Waals surface area contributed by atoms with Gasteiger partial charge in [0.1, 0.15) is 11.9 Å². The number of hydrogen-bond acceptors (Lipinski definition) is 5. The van der Waals surface area contributed by atoms with Gasteiger partial charge in [0, 0.05) is 39.0 Å². The predicted octanol–water partition coefficient (Wildman–Crippen LogP) is 0.243. The lowest BCUT2D eigenvalue weighted by atomic mass is 10.2. The number of carbonyl (C=O) groups excluding carboxylic acids is 2. The second kappa shape index (κ2) is 8.44. The Morgan fingerprint density at radius 1 is 1.31 bits per heavy atom. The van der Waals surface area contributed by atoms with Crippen LogP contribution in [0.3, 0.4) is 0 Å². The van der Waals surface area contributed by atoms with Crippen molar-refractivity contribution in [2.75, 3.05) is 19.6 Å². The number of nitrogens with one attached hydrogen (secondary N) is 2. The molecule has 2 N–H and O–H groups in total. The number of nitrogens with zero attached hydrogens (tertiary/aromatic N) is 4. The highest BCUT2D eigenvalue weighted by atomic mass is 16.2. The lowest BCUT2D eigenvalue weighted by molar-refractivity contribution is -0.125. The highest BCUT2D eigenvalue weighted by Gasteiger charge is 2.27. The van der Waals surface area contributed by atoms with Gasteiger partial charge in [0.2, 0.25) is 11.8 Å². The van der Waals surface area contributed by atoms with Gasteiger partial charge in [-0.25, -0.2) is 0 Å². The monoisotopic (exact) mass is 360 g/mol. The van der Waals surface area contributed by atoms with Crippen molar-refractivity contribution < 1.29 is 9.59 Å². The first kappa shape index (κ1) is 18.6. The molecule has 1 atom stereocenters. The molecule has 142 valence electrons. The summed E-state index contributed by atoms with van der Waals surface area (Å²) in [5.41, 5.74) is 0. The molecule has 0 radical (unpaired) electrons. The largest absolute Gasteiger partial charge is 0.347 e. The van der Waals surface area contributed by atoms with E-state index in [-0.39, 0.29) is 11.8 Å². The van der Waals surface area contributed by atoms with E-state index in [9.17, 15) is 9.59 Å². The molecule has 8 heteroatoms. The molecule has 1 aromatic rings. The summed E-state index contributed by atoms with van der Waals surface area (Å²) < 4.78 is 2.11. The van der Waals surface area contributed by atoms with Crippen LogP contribution in [-0.2, 0) is 29.1 Å². The van der Waals surface area contributed by atoms with Crippen molar-refractivity contribution >= 4 is 11.8 Å². The average molecular weight is 360 g/mol. The Morgan fingerprint density at radius 2 is 2.15 bits per heavy atom. The van der Waals surface area contributed by atoms with Gasteiger partial charge in [-0.15, -0.1) is 10.2 Å². The lowest BCUT2D eigenvalue weighted by Gasteiger charge is -2.17. The minimum atomic E-state index is -0.419. The molecule has 1 aromatic heterocycles. The quantitative estimate of drug-likeness (QED) is 0.709. The summed E-state index contributed by atoms with van der Waals surface area (Å²) in [5, 5.41) is 14.1. The van der Waals surface area contributed by atoms with Gasteiger partial charge in [0.25, 0.3) is 0 Å². The molecule has 0 aromatic carbocycles. The van der Waals surface area contributed by atoms with Crippen molar-refractivity contribution in [1.82, 2.24) is 30.3 Å². The molecule has 0 bridgehead atoms. The van der Waals surface area contributed by atoms with E-state index in [2.05, 4.69) is 56.3 Å². The summed E-state index contributed by atoms with van der Waals surface area (Å²) in [6.07, 6.45) is 6.29. The first-order valence-corrected chi connectivity index (χ1v) is 9.40. The number of fused-ring (bicyclic) bond motifs is 1. The van der Waals surface area contributed by atoms with Gasteiger partial charge in [-0.3, -0.25) is 14.5 Å². The van der Waals surface area contributed by atoms with Crippen LogP contribution >= 0.6 is 0 Å². The Bertz CT molecular complexity index is 681. The Morgan fingerprint density at radius 3 is 2.88 bits per heavy atom. The Labute approximate surface area is 154 Å². The molecule has 3 rings (SSSR count). The molecule has 26 heavy (non-hydrogen) atoms. The van der Waals surface area contributed by atoms with E-state index in [1.54, 1.807) is 0 Å². The SMILES string of the molecule is CC(C)/C=C/CN1CCc2nnc(CNC(=O)[C@H]3CCC(=O)N3)n2CC1. The number of aromatic nitrogens is 3. The molecule has 2 aliphatic heterocycles. The summed E-state index contributed by atoms with van der Waals surface area (Å²) in [5.74, 6) is 2.10. The summed E-state index contributed by atoms with van der Waals surface area (Å²) in [7, 11) is 0. The fourth-order valence-corrected chi connectivity index (χ4v) is 3.32. The normalized spacial score (nSPS) is 21.0. The summed E-state index contributed by atoms with van der Waals surface area (Å²) in [4.78, 5) is 25.8. The number of amides is 2. The molecule has 1 saturated heterocycles. The van der Waals surface area contributed by atoms with Crippen LogP contribution in [0.4, 0.5) is 0 Å². The van der Waals surface area contributed by atoms with Crippen molar-refractivity contribution in [2.45, 2.75) is 52.2 Å². The topological polar surface area (TPSA) is 92.2 Å². The molecule has 0 aliphatic carbocycles. The third-order valence-electron chi connectivity index (χ3n) is 4.81. The maximum absolute atomic E-state index is 12.1. The van der Waals surface area contributed by atoms with Crippen LogP contribution in [0.2, 0.25) is 0 Å². The molecule has 0 unspecified atom stereocenters. The minimum Gasteiger partial charge on any atom is -0.347 e. The van der Waals surface area contributed by atoms with Crippen LogP contribution in [-0.4, -0.2) is 57.2 Å². The van der Waals surface area contributed by atoms with Gasteiger partial charge in [-0.1, -0.05) is 26.0 Å². The van der Waals surface area contributed by atoms with Crippen molar-refractivity contribution in [2.24, 2.45) is 5.92 Å². The number of carbonyl (C=O) groups is 2. The lowest BCUT2D eigenvalue weighted by Crippen LogP contribution is -2.41. The Hall–Kier alpha value is -2.22. The van der Waals surface area contributed by atoms with Crippen LogP contribution in [0.15, 0.2) is 12.2 Å². The first-order chi connectivity index (χ1) is 12.5. The Balaban J connectivity index is 1.53. The second-order valence-corrected chi connectivity index (χ2v) is 7.28. The Kier molecular flexibility index (Phi) is 6.03. The number of allylic oxidation sites excluding steroid dienone is 1. The second-order valence-electron chi connectivity index (χ2n) is 7.28. The molecule has 0 spiro atoms. The zero-order chi connectivity index (χ0) is 18.5. The minimum absolute atomic E-state index is 0.0619. The van der Waals surface area contributed by atoms with Gasteiger partial charge in [0.15, 0.2) is 5.82 Å². The van der Waals surface area contributed by atoms with Crippen LogP contribution < -0.4 is 10.6 Å². The molecule has 8 nitrogen and oxygen atoms in total. The van der Waals surface area contributed by atoms with Gasteiger partial charge >= 0.3 is 0 Å². The highest BCUT2D eigenvalue weighted by molar-refractivity contribution is 5.90. The van der Waals surface area contributed by atoms with Crippen molar-refractivity contribution in [3.8, 4) is 0 Å². The smallest absolute Gasteiger partial charge is 0.242 e. The van der Waals surface area contributed by atoms with Crippen molar-refractivity contribution in [3.05, 3.63) is 23.8 Å². The highest BCUT2D eigenvalue weighted by Crippen LogP contribution is 2.11. The van der Waals surface area contributed by atoms with E-state index >= 15 is 0 Å². The maximum atomic E-state index is 12.1. The van der Waals surface area contributed by atoms with Crippen molar-refractivity contribution in [3.63, 3.8) is 0 Å². The summed E-state index contributed by atoms with van der Waals surface area (Å²) in [6.45, 7) is 8.36. The molecule has 2 aliphatic rings. The average Bonchev–Trinajstić information content (AvgIpc) is 3.15. The van der Waals surface area contributed by atoms with Gasteiger partial charge in [0.05, 0.1) is 6.54 Å². The van der Waals surface area contributed by atoms with E-state index in [0.717, 1.165) is 44.2 Å². The van der Waals surface area contributed by atoms with E-state index < -0.39 is 6.04 Å². The zero-order valence-corrected chi connectivity index (χ0v) is 15.6. The fraction of sp³-hybridized carbons (Fsp3) is 0.667. The third kappa shape index (κ3) is 4.69. The van der Waals surface area contributed by atoms with E-state index in [1.807, 2.05) is 0 Å². The standard InChI is InChI=1S/C18H28N6O2/c1-13(2)4-3-8-23-9-7-15-21-22-16(24(15)11-10-23)12-19-18(26)14-5-6-17(25)20-14/h3-4,13-14H,5-12H2,1-2H3,(H,19,26)(H,20,25)/b4-3+/t14-/m1/s1. The van der Waals surface area contributed by atoms with Gasteiger partial charge in [-0.05, 0) is 12.3 Å². The fourth-order valence-electron chi connectivity index (χ4n) is 3.32. The molecular weight excluding hydrogens is 332 g/mol. The zero-order valence-electron chi connectivity index (χ0n) is 15.6. The predicted molar refractivity (Wildman–Crippen MR) is 97.2 cm³/mol. The van der Waals surface area contributed by atoms with E-state index in [1.165, 1.54) is 0 Å². The van der Waals surface area contributed by atoms with E-state index in [4.69, 9.17) is 0 Å². The number of hydrogen-bond donors (Lipinski definition) is 2. The first-order valence-electron chi connectivity index (χ1n) is 9.40. The van der Waals surface area contributed by atoms with Crippen LogP contribution in [0.5, 0.6) is 0 Å². The van der Waals surface area contributed by atoms with Gasteiger partial charge in [-0.2, -0.15) is 0 Å². The van der Waals surface area contributed by atoms with Crippen LogP contribution in [0, 0.1) is 5.92 Å². The molecule has 0 saturated carbocycles. The molecular formula is C18H28N6O2. The van der Waals surface area contributed by atoms with E-state index in [0.29, 0.717) is 25.3 Å². The maximum Gasteiger partial charge on any atom is 0.242 e. The summed E-state index contributed by atoms with van der Waals surface area (Å²) in [6, 6.07) is -0.419. The third-order valence-corrected chi connectivity index (χ3v) is 4.81. The van der Waals surface area contributed by atoms with Crippen molar-refractivity contribution in [1.29, 1.82) is 0 Å².